The van der Waals surface area contributed by atoms with Crippen molar-refractivity contribution in [2.45, 2.75) is 25.7 Å². The van der Waals surface area contributed by atoms with Crippen molar-refractivity contribution in [3.05, 3.63) is 11.1 Å². The molecule has 0 aromatic carbocycles. The molecule has 0 amide bonds. The first-order chi connectivity index (χ1) is 7.76. The lowest BCUT2D eigenvalue weighted by Gasteiger charge is -2.18. The van der Waals surface area contributed by atoms with Crippen LogP contribution in [0.3, 0.4) is 0 Å². The van der Waals surface area contributed by atoms with Crippen LogP contribution in [0.15, 0.2) is 11.1 Å². The molecule has 1 aliphatic rings. The topological polar surface area (TPSA) is 95.2 Å². The zero-order valence-corrected chi connectivity index (χ0v) is 8.77. The highest BCUT2D eigenvalue weighted by Gasteiger charge is 2.25. The molecule has 0 spiro atoms. The van der Waals surface area contributed by atoms with Crippen LogP contribution in [0.2, 0.25) is 0 Å². The van der Waals surface area contributed by atoms with Gasteiger partial charge in [0.1, 0.15) is 0 Å². The summed E-state index contributed by atoms with van der Waals surface area (Å²) >= 11 is 0. The number of nitriles is 4. The Morgan fingerprint density at radius 2 is 1.50 bits per heavy atom. The maximum Gasteiger partial charge on any atom is 0.0957 e. The fraction of sp³-hybridized carbons (Fsp3) is 0.500. The van der Waals surface area contributed by atoms with Crippen LogP contribution in [-0.2, 0) is 0 Å². The predicted octanol–water partition coefficient (Wildman–Crippen LogP) is 2.18. The van der Waals surface area contributed by atoms with Crippen molar-refractivity contribution in [3.8, 4) is 24.3 Å². The minimum atomic E-state index is -0.469. The number of rotatable bonds is 0. The Kier molecular flexibility index (Phi) is 4.08. The summed E-state index contributed by atoms with van der Waals surface area (Å²) in [6.45, 7) is 0. The molecular formula is C12H10N4. The largest absolute Gasteiger partial charge is 0.198 e. The summed E-state index contributed by atoms with van der Waals surface area (Å²) in [5.74, 6) is -0.795. The van der Waals surface area contributed by atoms with Gasteiger partial charge < -0.3 is 0 Å². The van der Waals surface area contributed by atoms with Gasteiger partial charge in [0.2, 0.25) is 0 Å². The van der Waals surface area contributed by atoms with E-state index in [1.807, 2.05) is 12.1 Å². The van der Waals surface area contributed by atoms with Crippen molar-refractivity contribution in [3.63, 3.8) is 0 Å². The summed E-state index contributed by atoms with van der Waals surface area (Å²) in [6.07, 6.45) is 2.08. The van der Waals surface area contributed by atoms with Gasteiger partial charge in [0, 0.05) is 17.6 Å². The van der Waals surface area contributed by atoms with E-state index in [1.54, 1.807) is 0 Å². The average Bonchev–Trinajstić information content (AvgIpc) is 2.30. The van der Waals surface area contributed by atoms with E-state index in [1.165, 1.54) is 0 Å². The zero-order valence-electron chi connectivity index (χ0n) is 8.77. The summed E-state index contributed by atoms with van der Waals surface area (Å²) in [5.41, 5.74) is 0.841. The molecular weight excluding hydrogens is 200 g/mol. The number of allylic oxidation sites excluding steroid dienone is 2. The van der Waals surface area contributed by atoms with Crippen molar-refractivity contribution in [1.82, 2.24) is 0 Å². The van der Waals surface area contributed by atoms with Gasteiger partial charge in [-0.05, 0) is 19.3 Å². The monoisotopic (exact) mass is 210 g/mol. The van der Waals surface area contributed by atoms with Crippen LogP contribution in [0, 0.1) is 57.2 Å². The predicted molar refractivity (Wildman–Crippen MR) is 54.9 cm³/mol. The van der Waals surface area contributed by atoms with Gasteiger partial charge in [0.05, 0.1) is 36.1 Å². The molecule has 0 aliphatic heterocycles. The van der Waals surface area contributed by atoms with Gasteiger partial charge in [-0.1, -0.05) is 0 Å². The molecule has 4 heteroatoms. The van der Waals surface area contributed by atoms with Crippen molar-refractivity contribution in [1.29, 1.82) is 21.0 Å². The molecule has 0 saturated carbocycles. The standard InChI is InChI=1S/C12H10N4/c13-5-9-2-1-3-10(6-14)12(8-16)4-11(9)7-15/h9,11H,1-4H2. The third kappa shape index (κ3) is 2.38. The van der Waals surface area contributed by atoms with Crippen molar-refractivity contribution in [2.75, 3.05) is 0 Å². The highest BCUT2D eigenvalue weighted by molar-refractivity contribution is 5.38. The van der Waals surface area contributed by atoms with E-state index in [0.29, 0.717) is 30.4 Å². The van der Waals surface area contributed by atoms with E-state index in [9.17, 15) is 0 Å². The summed E-state index contributed by atoms with van der Waals surface area (Å²) in [5, 5.41) is 35.7. The van der Waals surface area contributed by atoms with Gasteiger partial charge in [-0.2, -0.15) is 21.0 Å². The molecule has 0 aromatic rings. The van der Waals surface area contributed by atoms with E-state index < -0.39 is 5.92 Å². The lowest BCUT2D eigenvalue weighted by molar-refractivity contribution is 0.440. The van der Waals surface area contributed by atoms with E-state index in [-0.39, 0.29) is 12.3 Å². The molecule has 0 bridgehead atoms. The Morgan fingerprint density at radius 3 is 2.00 bits per heavy atom. The summed E-state index contributed by atoms with van der Waals surface area (Å²) < 4.78 is 0. The Morgan fingerprint density at radius 1 is 0.875 bits per heavy atom. The summed E-state index contributed by atoms with van der Waals surface area (Å²) in [4.78, 5) is 0. The fourth-order valence-corrected chi connectivity index (χ4v) is 1.86. The molecule has 0 saturated heterocycles. The lowest BCUT2D eigenvalue weighted by atomic mass is 9.81. The zero-order chi connectivity index (χ0) is 12.0. The highest BCUT2D eigenvalue weighted by Crippen LogP contribution is 2.30. The van der Waals surface area contributed by atoms with Crippen molar-refractivity contribution < 1.29 is 0 Å². The molecule has 0 N–H and O–H groups in total. The fourth-order valence-electron chi connectivity index (χ4n) is 1.86. The SMILES string of the molecule is N#CC1=C(C#N)CC(C#N)C(C#N)CCC1. The Bertz CT molecular complexity index is 461. The molecule has 1 aliphatic carbocycles. The van der Waals surface area contributed by atoms with Crippen LogP contribution < -0.4 is 0 Å². The van der Waals surface area contributed by atoms with Gasteiger partial charge in [-0.15, -0.1) is 0 Å². The maximum absolute atomic E-state index is 8.97. The molecule has 4 nitrogen and oxygen atoms in total. The number of hydrogen-bond donors (Lipinski definition) is 0. The van der Waals surface area contributed by atoms with Crippen LogP contribution in [0.5, 0.6) is 0 Å². The first-order valence-corrected chi connectivity index (χ1v) is 5.08. The first-order valence-electron chi connectivity index (χ1n) is 5.08. The third-order valence-electron chi connectivity index (χ3n) is 2.82. The molecule has 2 atom stereocenters. The number of hydrogen-bond acceptors (Lipinski definition) is 4. The van der Waals surface area contributed by atoms with Crippen LogP contribution in [-0.4, -0.2) is 0 Å². The van der Waals surface area contributed by atoms with Gasteiger partial charge in [0.25, 0.3) is 0 Å². The van der Waals surface area contributed by atoms with E-state index in [2.05, 4.69) is 12.1 Å². The smallest absolute Gasteiger partial charge is 0.0957 e. The second kappa shape index (κ2) is 5.55. The van der Waals surface area contributed by atoms with Crippen LogP contribution in [0.4, 0.5) is 0 Å². The molecule has 1 rings (SSSR count). The van der Waals surface area contributed by atoms with Gasteiger partial charge in [-0.25, -0.2) is 0 Å². The van der Waals surface area contributed by atoms with Gasteiger partial charge >= 0.3 is 0 Å². The Balaban J connectivity index is 3.06. The second-order valence-corrected chi connectivity index (χ2v) is 3.75. The third-order valence-corrected chi connectivity index (χ3v) is 2.82. The quantitative estimate of drug-likeness (QED) is 0.612. The van der Waals surface area contributed by atoms with E-state index in [0.717, 1.165) is 0 Å². The van der Waals surface area contributed by atoms with E-state index in [4.69, 9.17) is 21.0 Å². The van der Waals surface area contributed by atoms with Crippen LogP contribution in [0.25, 0.3) is 0 Å². The van der Waals surface area contributed by atoms with Crippen molar-refractivity contribution in [2.24, 2.45) is 11.8 Å². The molecule has 0 radical (unpaired) electrons. The van der Waals surface area contributed by atoms with Gasteiger partial charge in [-0.3, -0.25) is 0 Å². The van der Waals surface area contributed by atoms with Crippen LogP contribution >= 0.6 is 0 Å². The van der Waals surface area contributed by atoms with Crippen LogP contribution in [0.1, 0.15) is 25.7 Å². The second-order valence-electron chi connectivity index (χ2n) is 3.75. The summed E-state index contributed by atoms with van der Waals surface area (Å²) in [6, 6.07) is 8.17. The minimum Gasteiger partial charge on any atom is -0.198 e. The lowest BCUT2D eigenvalue weighted by Crippen LogP contribution is -2.15. The first kappa shape index (κ1) is 11.8. The normalized spacial score (nSPS) is 25.2. The average molecular weight is 210 g/mol. The molecule has 2 unspecified atom stereocenters. The van der Waals surface area contributed by atoms with E-state index >= 15 is 0 Å². The Labute approximate surface area is 94.6 Å². The maximum atomic E-state index is 8.97. The molecule has 0 aromatic heterocycles. The molecule has 16 heavy (non-hydrogen) atoms. The molecule has 0 heterocycles. The van der Waals surface area contributed by atoms with Gasteiger partial charge in [0.15, 0.2) is 0 Å². The highest BCUT2D eigenvalue weighted by atomic mass is 14.4. The minimum absolute atomic E-state index is 0.230. The summed E-state index contributed by atoms with van der Waals surface area (Å²) in [7, 11) is 0. The molecule has 78 valence electrons. The van der Waals surface area contributed by atoms with Crippen molar-refractivity contribution >= 4 is 0 Å². The molecule has 0 fully saturated rings. The number of nitrogens with zero attached hydrogens (tertiary/aromatic N) is 4. The Hall–Kier alpha value is -2.30.